The summed E-state index contributed by atoms with van der Waals surface area (Å²) < 4.78 is 0.778. The van der Waals surface area contributed by atoms with Gasteiger partial charge in [0.05, 0.1) is 11.3 Å². The van der Waals surface area contributed by atoms with Crippen LogP contribution in [-0.2, 0) is 0 Å². The van der Waals surface area contributed by atoms with Gasteiger partial charge in [-0.1, -0.05) is 24.3 Å². The summed E-state index contributed by atoms with van der Waals surface area (Å²) in [5.41, 5.74) is 3.37. The predicted octanol–water partition coefficient (Wildman–Crippen LogP) is 5.67. The zero-order valence-electron chi connectivity index (χ0n) is 14.7. The standard InChI is InChI=1S/C20H20BrN3OS/c1-3-24(4-2)20-23-18(13-26-20)14-9-11-15(12-10-14)22-19(25)16-7-5-6-8-17(16)21/h5-13H,3-4H2,1-2H3,(H,22,25). The molecule has 0 saturated heterocycles. The van der Waals surface area contributed by atoms with Crippen molar-refractivity contribution in [2.75, 3.05) is 23.3 Å². The largest absolute Gasteiger partial charge is 0.349 e. The van der Waals surface area contributed by atoms with Crippen LogP contribution in [0.5, 0.6) is 0 Å². The molecule has 0 bridgehead atoms. The maximum Gasteiger partial charge on any atom is 0.256 e. The molecule has 26 heavy (non-hydrogen) atoms. The molecular weight excluding hydrogens is 410 g/mol. The molecule has 4 nitrogen and oxygen atoms in total. The second-order valence-corrected chi connectivity index (χ2v) is 7.39. The minimum Gasteiger partial charge on any atom is -0.349 e. The van der Waals surface area contributed by atoms with Crippen molar-refractivity contribution in [2.45, 2.75) is 13.8 Å². The summed E-state index contributed by atoms with van der Waals surface area (Å²) in [6.07, 6.45) is 0. The summed E-state index contributed by atoms with van der Waals surface area (Å²) in [4.78, 5) is 19.3. The fourth-order valence-corrected chi connectivity index (χ4v) is 4.03. The first-order valence-electron chi connectivity index (χ1n) is 8.49. The molecule has 1 amide bonds. The van der Waals surface area contributed by atoms with Gasteiger partial charge in [0.1, 0.15) is 0 Å². The number of carbonyl (C=O) groups excluding carboxylic acids is 1. The maximum atomic E-state index is 12.4. The van der Waals surface area contributed by atoms with Crippen molar-refractivity contribution < 1.29 is 4.79 Å². The molecule has 1 aromatic heterocycles. The lowest BCUT2D eigenvalue weighted by Crippen LogP contribution is -2.21. The number of carbonyl (C=O) groups is 1. The number of nitrogens with one attached hydrogen (secondary N) is 1. The first-order valence-corrected chi connectivity index (χ1v) is 10.2. The summed E-state index contributed by atoms with van der Waals surface area (Å²) in [5.74, 6) is -0.136. The molecule has 0 aliphatic carbocycles. The van der Waals surface area contributed by atoms with Crippen LogP contribution in [0.4, 0.5) is 10.8 Å². The van der Waals surface area contributed by atoms with Gasteiger partial charge in [-0.2, -0.15) is 0 Å². The molecule has 0 aliphatic rings. The lowest BCUT2D eigenvalue weighted by atomic mass is 10.1. The zero-order chi connectivity index (χ0) is 18.5. The zero-order valence-corrected chi connectivity index (χ0v) is 17.1. The molecule has 1 heterocycles. The van der Waals surface area contributed by atoms with Crippen molar-refractivity contribution >= 4 is 44.0 Å². The average Bonchev–Trinajstić information content (AvgIpc) is 3.13. The molecule has 0 aliphatic heterocycles. The van der Waals surface area contributed by atoms with Gasteiger partial charge in [0.2, 0.25) is 0 Å². The van der Waals surface area contributed by atoms with Crippen LogP contribution < -0.4 is 10.2 Å². The number of anilines is 2. The van der Waals surface area contributed by atoms with Gasteiger partial charge in [0.15, 0.2) is 5.13 Å². The van der Waals surface area contributed by atoms with Gasteiger partial charge in [-0.15, -0.1) is 11.3 Å². The van der Waals surface area contributed by atoms with E-state index < -0.39 is 0 Å². The average molecular weight is 430 g/mol. The lowest BCUT2D eigenvalue weighted by molar-refractivity contribution is 0.102. The molecule has 3 rings (SSSR count). The molecule has 6 heteroatoms. The van der Waals surface area contributed by atoms with E-state index in [9.17, 15) is 4.79 Å². The number of nitrogens with zero attached hydrogens (tertiary/aromatic N) is 2. The van der Waals surface area contributed by atoms with Gasteiger partial charge in [-0.3, -0.25) is 4.79 Å². The third-order valence-electron chi connectivity index (χ3n) is 4.08. The van der Waals surface area contributed by atoms with Gasteiger partial charge in [-0.05, 0) is 54.0 Å². The predicted molar refractivity (Wildman–Crippen MR) is 113 cm³/mol. The third kappa shape index (κ3) is 4.14. The fraction of sp³-hybridized carbons (Fsp3) is 0.200. The Morgan fingerprint density at radius 1 is 1.12 bits per heavy atom. The molecular formula is C20H20BrN3OS. The van der Waals surface area contributed by atoms with Crippen LogP contribution in [0, 0.1) is 0 Å². The Labute approximate surface area is 166 Å². The van der Waals surface area contributed by atoms with E-state index in [0.717, 1.165) is 39.6 Å². The van der Waals surface area contributed by atoms with Crippen LogP contribution in [0.25, 0.3) is 11.3 Å². The number of thiazole rings is 1. The smallest absolute Gasteiger partial charge is 0.256 e. The summed E-state index contributed by atoms with van der Waals surface area (Å²) >= 11 is 5.06. The first kappa shape index (κ1) is 18.6. The Hall–Kier alpha value is -2.18. The maximum absolute atomic E-state index is 12.4. The SMILES string of the molecule is CCN(CC)c1nc(-c2ccc(NC(=O)c3ccccc3Br)cc2)cs1. The van der Waals surface area contributed by atoms with E-state index in [1.165, 1.54) is 0 Å². The molecule has 0 radical (unpaired) electrons. The summed E-state index contributed by atoms with van der Waals surface area (Å²) in [5, 5.41) is 6.03. The minimum atomic E-state index is -0.136. The highest BCUT2D eigenvalue weighted by Gasteiger charge is 2.11. The van der Waals surface area contributed by atoms with Crippen LogP contribution in [-0.4, -0.2) is 24.0 Å². The molecule has 0 spiro atoms. The van der Waals surface area contributed by atoms with Crippen molar-refractivity contribution in [1.29, 1.82) is 0 Å². The number of benzene rings is 2. The van der Waals surface area contributed by atoms with Crippen molar-refractivity contribution in [3.8, 4) is 11.3 Å². The van der Waals surface area contributed by atoms with E-state index in [4.69, 9.17) is 4.98 Å². The Bertz CT molecular complexity index is 888. The van der Waals surface area contributed by atoms with Crippen molar-refractivity contribution in [1.82, 2.24) is 4.98 Å². The monoisotopic (exact) mass is 429 g/mol. The van der Waals surface area contributed by atoms with Gasteiger partial charge in [0.25, 0.3) is 5.91 Å². The van der Waals surface area contributed by atoms with E-state index in [1.807, 2.05) is 42.5 Å². The number of hydrogen-bond acceptors (Lipinski definition) is 4. The Kier molecular flexibility index (Phi) is 6.06. The van der Waals surface area contributed by atoms with Crippen molar-refractivity contribution in [3.63, 3.8) is 0 Å². The Morgan fingerprint density at radius 3 is 2.46 bits per heavy atom. The van der Waals surface area contributed by atoms with Gasteiger partial charge >= 0.3 is 0 Å². The molecule has 0 unspecified atom stereocenters. The van der Waals surface area contributed by atoms with Crippen LogP contribution in [0.15, 0.2) is 58.4 Å². The third-order valence-corrected chi connectivity index (χ3v) is 5.68. The van der Waals surface area contributed by atoms with Crippen LogP contribution in [0.2, 0.25) is 0 Å². The molecule has 0 saturated carbocycles. The van der Waals surface area contributed by atoms with E-state index in [0.29, 0.717) is 5.56 Å². The van der Waals surface area contributed by atoms with E-state index in [-0.39, 0.29) is 5.91 Å². The van der Waals surface area contributed by atoms with Gasteiger partial charge in [-0.25, -0.2) is 4.98 Å². The highest BCUT2D eigenvalue weighted by Crippen LogP contribution is 2.28. The molecule has 134 valence electrons. The molecule has 3 aromatic rings. The lowest BCUT2D eigenvalue weighted by Gasteiger charge is -2.16. The molecule has 0 atom stereocenters. The minimum absolute atomic E-state index is 0.136. The second kappa shape index (κ2) is 8.47. The number of hydrogen-bond donors (Lipinski definition) is 1. The summed E-state index contributed by atoms with van der Waals surface area (Å²) in [6, 6.07) is 15.1. The number of halogens is 1. The van der Waals surface area contributed by atoms with Gasteiger partial charge < -0.3 is 10.2 Å². The molecule has 1 N–H and O–H groups in total. The highest BCUT2D eigenvalue weighted by molar-refractivity contribution is 9.10. The molecule has 0 fully saturated rings. The van der Waals surface area contributed by atoms with Crippen LogP contribution in [0.1, 0.15) is 24.2 Å². The van der Waals surface area contributed by atoms with E-state index in [2.05, 4.69) is 45.4 Å². The topological polar surface area (TPSA) is 45.2 Å². The molecule has 2 aromatic carbocycles. The number of amides is 1. The Balaban J connectivity index is 1.73. The quantitative estimate of drug-likeness (QED) is 0.548. The number of rotatable bonds is 6. The van der Waals surface area contributed by atoms with E-state index in [1.54, 1.807) is 17.4 Å². The first-order chi connectivity index (χ1) is 12.6. The van der Waals surface area contributed by atoms with Crippen molar-refractivity contribution in [3.05, 3.63) is 63.9 Å². The summed E-state index contributed by atoms with van der Waals surface area (Å²) in [7, 11) is 0. The second-order valence-electron chi connectivity index (χ2n) is 5.70. The van der Waals surface area contributed by atoms with E-state index >= 15 is 0 Å². The summed E-state index contributed by atoms with van der Waals surface area (Å²) in [6.45, 7) is 6.16. The normalized spacial score (nSPS) is 10.6. The van der Waals surface area contributed by atoms with Crippen LogP contribution >= 0.6 is 27.3 Å². The Morgan fingerprint density at radius 2 is 1.81 bits per heavy atom. The van der Waals surface area contributed by atoms with Crippen LogP contribution in [0.3, 0.4) is 0 Å². The van der Waals surface area contributed by atoms with Crippen molar-refractivity contribution in [2.24, 2.45) is 0 Å². The van der Waals surface area contributed by atoms with Gasteiger partial charge in [0, 0.05) is 34.2 Å². The highest BCUT2D eigenvalue weighted by atomic mass is 79.9. The fourth-order valence-electron chi connectivity index (χ4n) is 2.60. The number of aromatic nitrogens is 1.